The Kier molecular flexibility index (Phi) is 4.54. The highest BCUT2D eigenvalue weighted by Gasteiger charge is 2.01. The smallest absolute Gasteiger partial charge is 0.0593 e. The SMILES string of the molecule is CN(C)CCOCCc1cccc2sccc12. The van der Waals surface area contributed by atoms with E-state index in [1.165, 1.54) is 15.6 Å². The molecule has 0 bridgehead atoms. The van der Waals surface area contributed by atoms with Crippen molar-refractivity contribution in [3.63, 3.8) is 0 Å². The van der Waals surface area contributed by atoms with Crippen molar-refractivity contribution in [3.05, 3.63) is 35.2 Å². The Labute approximate surface area is 107 Å². The molecule has 1 aromatic heterocycles. The Hall–Kier alpha value is -0.900. The van der Waals surface area contributed by atoms with Crippen molar-refractivity contribution >= 4 is 21.4 Å². The van der Waals surface area contributed by atoms with Crippen molar-refractivity contribution < 1.29 is 4.74 Å². The molecule has 0 aliphatic rings. The number of rotatable bonds is 6. The molecule has 92 valence electrons. The fraction of sp³-hybridized carbons (Fsp3) is 0.429. The summed E-state index contributed by atoms with van der Waals surface area (Å²) in [6.45, 7) is 2.61. The van der Waals surface area contributed by atoms with Gasteiger partial charge >= 0.3 is 0 Å². The molecule has 0 saturated heterocycles. The second kappa shape index (κ2) is 6.15. The number of hydrogen-bond donors (Lipinski definition) is 0. The van der Waals surface area contributed by atoms with Crippen molar-refractivity contribution in [1.82, 2.24) is 4.90 Å². The van der Waals surface area contributed by atoms with Crippen LogP contribution in [0, 0.1) is 0 Å². The molecule has 0 fully saturated rings. The van der Waals surface area contributed by atoms with Crippen LogP contribution in [0.2, 0.25) is 0 Å². The van der Waals surface area contributed by atoms with Crippen molar-refractivity contribution in [2.75, 3.05) is 33.9 Å². The molecule has 2 rings (SSSR count). The number of fused-ring (bicyclic) bond motifs is 1. The molecule has 1 heterocycles. The van der Waals surface area contributed by atoms with Gasteiger partial charge in [0.05, 0.1) is 13.2 Å². The predicted octanol–water partition coefficient (Wildman–Crippen LogP) is 3.02. The van der Waals surface area contributed by atoms with Crippen LogP contribution >= 0.6 is 11.3 Å². The topological polar surface area (TPSA) is 12.5 Å². The largest absolute Gasteiger partial charge is 0.380 e. The summed E-state index contributed by atoms with van der Waals surface area (Å²) >= 11 is 1.80. The maximum absolute atomic E-state index is 5.64. The molecule has 0 aliphatic carbocycles. The zero-order valence-corrected chi connectivity index (χ0v) is 11.3. The van der Waals surface area contributed by atoms with Crippen LogP contribution in [-0.4, -0.2) is 38.8 Å². The first-order valence-electron chi connectivity index (χ1n) is 5.95. The van der Waals surface area contributed by atoms with Gasteiger partial charge in [0.15, 0.2) is 0 Å². The zero-order chi connectivity index (χ0) is 12.1. The van der Waals surface area contributed by atoms with Gasteiger partial charge in [-0.15, -0.1) is 11.3 Å². The van der Waals surface area contributed by atoms with E-state index < -0.39 is 0 Å². The summed E-state index contributed by atoms with van der Waals surface area (Å²) in [7, 11) is 4.13. The lowest BCUT2D eigenvalue weighted by Crippen LogP contribution is -2.18. The predicted molar refractivity (Wildman–Crippen MR) is 74.9 cm³/mol. The minimum Gasteiger partial charge on any atom is -0.380 e. The number of thiophene rings is 1. The summed E-state index contributed by atoms with van der Waals surface area (Å²) in [6.07, 6.45) is 1.00. The van der Waals surface area contributed by atoms with Crippen molar-refractivity contribution in [3.8, 4) is 0 Å². The van der Waals surface area contributed by atoms with Crippen LogP contribution in [0.5, 0.6) is 0 Å². The van der Waals surface area contributed by atoms with Crippen LogP contribution in [0.1, 0.15) is 5.56 Å². The Balaban J connectivity index is 1.84. The lowest BCUT2D eigenvalue weighted by atomic mass is 10.1. The van der Waals surface area contributed by atoms with Gasteiger partial charge in [-0.25, -0.2) is 0 Å². The first-order valence-corrected chi connectivity index (χ1v) is 6.83. The summed E-state index contributed by atoms with van der Waals surface area (Å²) < 4.78 is 7.01. The van der Waals surface area contributed by atoms with E-state index in [0.717, 1.165) is 26.2 Å². The standard InChI is InChI=1S/C14H19NOS/c1-15(2)8-10-16-9-6-12-4-3-5-14-13(12)7-11-17-14/h3-5,7,11H,6,8-10H2,1-2H3. The third-order valence-electron chi connectivity index (χ3n) is 2.78. The molecular formula is C14H19NOS. The summed E-state index contributed by atoms with van der Waals surface area (Å²) in [6, 6.07) is 8.71. The van der Waals surface area contributed by atoms with E-state index in [9.17, 15) is 0 Å². The summed E-state index contributed by atoms with van der Waals surface area (Å²) in [5, 5.41) is 3.54. The quantitative estimate of drug-likeness (QED) is 0.730. The molecule has 0 aliphatic heterocycles. The van der Waals surface area contributed by atoms with Gasteiger partial charge in [-0.2, -0.15) is 0 Å². The molecule has 0 unspecified atom stereocenters. The Morgan fingerprint density at radius 2 is 2.06 bits per heavy atom. The van der Waals surface area contributed by atoms with Crippen LogP contribution < -0.4 is 0 Å². The highest BCUT2D eigenvalue weighted by molar-refractivity contribution is 7.17. The molecule has 17 heavy (non-hydrogen) atoms. The highest BCUT2D eigenvalue weighted by Crippen LogP contribution is 2.24. The fourth-order valence-electron chi connectivity index (χ4n) is 1.81. The maximum atomic E-state index is 5.64. The second-order valence-corrected chi connectivity index (χ2v) is 5.36. The van der Waals surface area contributed by atoms with Gasteiger partial charge in [0.1, 0.15) is 0 Å². The van der Waals surface area contributed by atoms with E-state index in [1.54, 1.807) is 11.3 Å². The Morgan fingerprint density at radius 1 is 1.18 bits per heavy atom. The molecule has 3 heteroatoms. The molecule has 2 aromatic rings. The van der Waals surface area contributed by atoms with Crippen molar-refractivity contribution in [1.29, 1.82) is 0 Å². The average Bonchev–Trinajstić information content (AvgIpc) is 2.77. The van der Waals surface area contributed by atoms with E-state index in [0.29, 0.717) is 0 Å². The molecule has 2 nitrogen and oxygen atoms in total. The molecule has 0 N–H and O–H groups in total. The third-order valence-corrected chi connectivity index (χ3v) is 3.67. The lowest BCUT2D eigenvalue weighted by Gasteiger charge is -2.10. The van der Waals surface area contributed by atoms with E-state index in [2.05, 4.69) is 48.6 Å². The van der Waals surface area contributed by atoms with Gasteiger partial charge in [-0.05, 0) is 49.0 Å². The lowest BCUT2D eigenvalue weighted by molar-refractivity contribution is 0.120. The Bertz CT molecular complexity index is 464. The van der Waals surface area contributed by atoms with Gasteiger partial charge in [0.2, 0.25) is 0 Å². The van der Waals surface area contributed by atoms with E-state index in [-0.39, 0.29) is 0 Å². The fourth-order valence-corrected chi connectivity index (χ4v) is 2.64. The van der Waals surface area contributed by atoms with Crippen LogP contribution in [0.3, 0.4) is 0 Å². The monoisotopic (exact) mass is 249 g/mol. The highest BCUT2D eigenvalue weighted by atomic mass is 32.1. The molecule has 1 aromatic carbocycles. The normalized spacial score (nSPS) is 11.5. The van der Waals surface area contributed by atoms with E-state index in [4.69, 9.17) is 4.74 Å². The summed E-state index contributed by atoms with van der Waals surface area (Å²) in [5.74, 6) is 0. The molecule has 0 amide bonds. The molecule has 0 radical (unpaired) electrons. The number of ether oxygens (including phenoxy) is 1. The minimum absolute atomic E-state index is 0.808. The van der Waals surface area contributed by atoms with Gasteiger partial charge in [0.25, 0.3) is 0 Å². The molecular weight excluding hydrogens is 230 g/mol. The molecule has 0 spiro atoms. The zero-order valence-electron chi connectivity index (χ0n) is 10.5. The molecule has 0 atom stereocenters. The van der Waals surface area contributed by atoms with Crippen molar-refractivity contribution in [2.24, 2.45) is 0 Å². The van der Waals surface area contributed by atoms with Gasteiger partial charge in [0, 0.05) is 11.2 Å². The van der Waals surface area contributed by atoms with Crippen LogP contribution in [0.15, 0.2) is 29.6 Å². The first-order chi connectivity index (χ1) is 8.27. The maximum Gasteiger partial charge on any atom is 0.0593 e. The average molecular weight is 249 g/mol. The van der Waals surface area contributed by atoms with Crippen LogP contribution in [-0.2, 0) is 11.2 Å². The van der Waals surface area contributed by atoms with Gasteiger partial charge in [-0.1, -0.05) is 12.1 Å². The van der Waals surface area contributed by atoms with Gasteiger partial charge < -0.3 is 9.64 Å². The van der Waals surface area contributed by atoms with E-state index >= 15 is 0 Å². The van der Waals surface area contributed by atoms with E-state index in [1.807, 2.05) is 0 Å². The number of hydrogen-bond acceptors (Lipinski definition) is 3. The third kappa shape index (κ3) is 3.53. The molecule has 0 saturated carbocycles. The Morgan fingerprint density at radius 3 is 2.88 bits per heavy atom. The number of likely N-dealkylation sites (N-methyl/N-ethyl adjacent to an activating group) is 1. The van der Waals surface area contributed by atoms with Crippen LogP contribution in [0.4, 0.5) is 0 Å². The summed E-state index contributed by atoms with van der Waals surface area (Å²) in [4.78, 5) is 2.14. The number of benzene rings is 1. The van der Waals surface area contributed by atoms with Gasteiger partial charge in [-0.3, -0.25) is 0 Å². The first kappa shape index (κ1) is 12.6. The minimum atomic E-state index is 0.808. The van der Waals surface area contributed by atoms with Crippen molar-refractivity contribution in [2.45, 2.75) is 6.42 Å². The number of nitrogens with zero attached hydrogens (tertiary/aromatic N) is 1. The van der Waals surface area contributed by atoms with Crippen LogP contribution in [0.25, 0.3) is 10.1 Å². The summed E-state index contributed by atoms with van der Waals surface area (Å²) in [5.41, 5.74) is 1.40. The second-order valence-electron chi connectivity index (χ2n) is 4.42.